The Morgan fingerprint density at radius 1 is 1.08 bits per heavy atom. The van der Waals surface area contributed by atoms with Gasteiger partial charge in [0.1, 0.15) is 3.70 Å². The highest BCUT2D eigenvalue weighted by Crippen LogP contribution is 3.01. The third kappa shape index (κ3) is 2.93. The van der Waals surface area contributed by atoms with E-state index in [-0.39, 0.29) is 9.77 Å². The lowest BCUT2D eigenvalue weighted by Crippen LogP contribution is -2.08. The molecular formula is C5H3F5INS. The quantitative estimate of drug-likeness (QED) is 0.424. The van der Waals surface area contributed by atoms with Crippen molar-refractivity contribution in [1.82, 2.24) is 4.98 Å². The van der Waals surface area contributed by atoms with E-state index in [0.717, 1.165) is 6.07 Å². The summed E-state index contributed by atoms with van der Waals surface area (Å²) >= 11 is 1.43. The molecule has 0 saturated heterocycles. The highest BCUT2D eigenvalue weighted by atomic mass is 127. The maximum Gasteiger partial charge on any atom is 0.325 e. The molecular weight excluding hydrogens is 328 g/mol. The van der Waals surface area contributed by atoms with E-state index in [1.807, 2.05) is 0 Å². The van der Waals surface area contributed by atoms with Gasteiger partial charge in [-0.2, -0.15) is 0 Å². The third-order valence-electron chi connectivity index (χ3n) is 1.08. The van der Waals surface area contributed by atoms with Gasteiger partial charge in [0, 0.05) is 0 Å². The van der Waals surface area contributed by atoms with Crippen LogP contribution in [0.2, 0.25) is 0 Å². The average Bonchev–Trinajstić information content (AvgIpc) is 1.82. The van der Waals surface area contributed by atoms with Gasteiger partial charge in [-0.25, -0.2) is 4.98 Å². The number of aromatic nitrogens is 1. The van der Waals surface area contributed by atoms with Crippen LogP contribution in [0.15, 0.2) is 23.2 Å². The molecule has 1 aromatic rings. The van der Waals surface area contributed by atoms with Crippen molar-refractivity contribution in [3.8, 4) is 0 Å². The van der Waals surface area contributed by atoms with Crippen LogP contribution in [0.4, 0.5) is 19.4 Å². The van der Waals surface area contributed by atoms with Crippen LogP contribution in [0.3, 0.4) is 0 Å². The zero-order valence-electron chi connectivity index (χ0n) is 5.86. The van der Waals surface area contributed by atoms with Gasteiger partial charge < -0.3 is 0 Å². The summed E-state index contributed by atoms with van der Waals surface area (Å²) in [5.41, 5.74) is 0. The summed E-state index contributed by atoms with van der Waals surface area (Å²) < 4.78 is 60.2. The fourth-order valence-electron chi connectivity index (χ4n) is 0.604. The molecule has 0 N–H and O–H groups in total. The largest absolute Gasteiger partial charge is 0.325 e. The molecule has 0 aliphatic rings. The van der Waals surface area contributed by atoms with Crippen LogP contribution in [0, 0.1) is 3.70 Å². The molecule has 0 fully saturated rings. The first-order valence-corrected chi connectivity index (χ1v) is 5.89. The van der Waals surface area contributed by atoms with Gasteiger partial charge in [0.15, 0.2) is 5.03 Å². The van der Waals surface area contributed by atoms with Crippen LogP contribution in [0.25, 0.3) is 0 Å². The average molecular weight is 331 g/mol. The van der Waals surface area contributed by atoms with Crippen molar-refractivity contribution < 1.29 is 19.4 Å². The van der Waals surface area contributed by atoms with Crippen molar-refractivity contribution >= 4 is 32.8 Å². The molecule has 1 heterocycles. The van der Waals surface area contributed by atoms with Crippen LogP contribution in [-0.4, -0.2) is 4.98 Å². The molecule has 1 nitrogen and oxygen atoms in total. The topological polar surface area (TPSA) is 12.9 Å². The zero-order valence-corrected chi connectivity index (χ0v) is 8.83. The maximum absolute atomic E-state index is 12.1. The van der Waals surface area contributed by atoms with Crippen LogP contribution >= 0.6 is 32.8 Å². The van der Waals surface area contributed by atoms with Crippen molar-refractivity contribution in [2.24, 2.45) is 0 Å². The van der Waals surface area contributed by atoms with Crippen LogP contribution in [0.1, 0.15) is 0 Å². The minimum atomic E-state index is -9.58. The van der Waals surface area contributed by atoms with E-state index in [1.54, 1.807) is 0 Å². The van der Waals surface area contributed by atoms with E-state index in [1.165, 1.54) is 28.7 Å². The predicted octanol–water partition coefficient (Wildman–Crippen LogP) is 4.34. The summed E-state index contributed by atoms with van der Waals surface area (Å²) in [6.07, 6.45) is 0. The minimum Gasteiger partial charge on any atom is -0.227 e. The van der Waals surface area contributed by atoms with Gasteiger partial charge >= 0.3 is 10.2 Å². The molecule has 0 unspecified atom stereocenters. The van der Waals surface area contributed by atoms with Gasteiger partial charge in [-0.3, -0.25) is 0 Å². The molecule has 8 heteroatoms. The second-order valence-electron chi connectivity index (χ2n) is 2.27. The first-order chi connectivity index (χ1) is 5.49. The molecule has 76 valence electrons. The molecule has 0 atom stereocenters. The standard InChI is InChI=1S/C5H3F5INS/c6-13(7,8,9,10)5-3-1-2-4(11)12-5/h1-3H. The minimum absolute atomic E-state index is 0.122. The SMILES string of the molecule is FS(F)(F)(F)(F)c1cccc(I)n1. The van der Waals surface area contributed by atoms with Crippen molar-refractivity contribution in [3.05, 3.63) is 21.9 Å². The van der Waals surface area contributed by atoms with E-state index in [0.29, 0.717) is 0 Å². The number of rotatable bonds is 1. The summed E-state index contributed by atoms with van der Waals surface area (Å²) in [5.74, 6) is 0. The Morgan fingerprint density at radius 2 is 1.62 bits per heavy atom. The Kier molecular flexibility index (Phi) is 1.91. The number of pyridine rings is 1. The van der Waals surface area contributed by atoms with Crippen LogP contribution in [-0.2, 0) is 0 Å². The summed E-state index contributed by atoms with van der Waals surface area (Å²) in [4.78, 5) is 2.75. The summed E-state index contributed by atoms with van der Waals surface area (Å²) in [6.45, 7) is 0. The number of hydrogen-bond donors (Lipinski definition) is 0. The van der Waals surface area contributed by atoms with Gasteiger partial charge in [-0.05, 0) is 34.7 Å². The first-order valence-electron chi connectivity index (χ1n) is 2.86. The lowest BCUT2D eigenvalue weighted by molar-refractivity contribution is 0.358. The van der Waals surface area contributed by atoms with E-state index in [9.17, 15) is 19.4 Å². The Labute approximate surface area is 84.2 Å². The van der Waals surface area contributed by atoms with E-state index >= 15 is 0 Å². The first kappa shape index (κ1) is 11.0. The monoisotopic (exact) mass is 331 g/mol. The summed E-state index contributed by atoms with van der Waals surface area (Å²) in [7, 11) is -9.58. The van der Waals surface area contributed by atoms with Crippen LogP contribution < -0.4 is 0 Å². The number of hydrogen-bond acceptors (Lipinski definition) is 1. The smallest absolute Gasteiger partial charge is 0.227 e. The number of nitrogens with zero attached hydrogens (tertiary/aromatic N) is 1. The molecule has 0 radical (unpaired) electrons. The van der Waals surface area contributed by atoms with Gasteiger partial charge in [0.2, 0.25) is 0 Å². The lowest BCUT2D eigenvalue weighted by Gasteiger charge is -2.39. The fourth-order valence-corrected chi connectivity index (χ4v) is 1.84. The van der Waals surface area contributed by atoms with Crippen molar-refractivity contribution in [2.75, 3.05) is 0 Å². The molecule has 0 aliphatic carbocycles. The molecule has 0 bridgehead atoms. The molecule has 0 aliphatic heterocycles. The molecule has 13 heavy (non-hydrogen) atoms. The highest BCUT2D eigenvalue weighted by molar-refractivity contribution is 14.1. The van der Waals surface area contributed by atoms with Gasteiger partial charge in [-0.15, -0.1) is 0 Å². The van der Waals surface area contributed by atoms with Crippen molar-refractivity contribution in [3.63, 3.8) is 0 Å². The summed E-state index contributed by atoms with van der Waals surface area (Å²) in [6, 6.07) is 2.36. The van der Waals surface area contributed by atoms with Gasteiger partial charge in [0.25, 0.3) is 0 Å². The highest BCUT2D eigenvalue weighted by Gasteiger charge is 2.67. The molecule has 1 rings (SSSR count). The molecule has 0 spiro atoms. The molecule has 1 aromatic heterocycles. The van der Waals surface area contributed by atoms with Crippen molar-refractivity contribution in [1.29, 1.82) is 0 Å². The molecule has 0 amide bonds. The number of halogens is 6. The van der Waals surface area contributed by atoms with E-state index in [2.05, 4.69) is 4.98 Å². The fraction of sp³-hybridized carbons (Fsp3) is 0. The second-order valence-corrected chi connectivity index (χ2v) is 5.73. The Bertz CT molecular complexity index is 346. The third-order valence-corrected chi connectivity index (χ3v) is 2.70. The lowest BCUT2D eigenvalue weighted by atomic mass is 10.5. The Hall–Kier alpha value is -0.120. The summed E-state index contributed by atoms with van der Waals surface area (Å²) in [5, 5.41) is -2.09. The molecule has 0 saturated carbocycles. The predicted molar refractivity (Wildman–Crippen MR) is 48.4 cm³/mol. The Balaban J connectivity index is 3.41. The zero-order chi connectivity index (χ0) is 10.4. The van der Waals surface area contributed by atoms with E-state index in [4.69, 9.17) is 0 Å². The second kappa shape index (κ2) is 2.27. The normalized spacial score (nSPS) is 17.7. The van der Waals surface area contributed by atoms with Crippen LogP contribution in [0.5, 0.6) is 0 Å². The molecule has 0 aromatic carbocycles. The van der Waals surface area contributed by atoms with Gasteiger partial charge in [0.05, 0.1) is 0 Å². The Morgan fingerprint density at radius 3 is 1.92 bits per heavy atom. The van der Waals surface area contributed by atoms with E-state index < -0.39 is 15.3 Å². The maximum atomic E-state index is 12.1. The van der Waals surface area contributed by atoms with Gasteiger partial charge in [-0.1, -0.05) is 25.5 Å². The van der Waals surface area contributed by atoms with Crippen molar-refractivity contribution in [2.45, 2.75) is 5.03 Å².